The molecule has 0 spiro atoms. The van der Waals surface area contributed by atoms with E-state index in [1.807, 2.05) is 32.9 Å². The van der Waals surface area contributed by atoms with Crippen LogP contribution in [0.3, 0.4) is 0 Å². The van der Waals surface area contributed by atoms with Crippen molar-refractivity contribution in [3.8, 4) is 0 Å². The van der Waals surface area contributed by atoms with Crippen LogP contribution < -0.4 is 5.32 Å². The molecule has 0 aliphatic rings. The summed E-state index contributed by atoms with van der Waals surface area (Å²) in [7, 11) is 0. The SMILES string of the molecule is Cc1cccnc1C(=O)NCC(C)(C)CCl. The zero-order chi connectivity index (χ0) is 12.2. The van der Waals surface area contributed by atoms with Crippen LogP contribution in [-0.2, 0) is 0 Å². The second-order valence-corrected chi connectivity index (χ2v) is 4.92. The van der Waals surface area contributed by atoms with Gasteiger partial charge in [0.25, 0.3) is 5.91 Å². The molecule has 0 aliphatic heterocycles. The maximum Gasteiger partial charge on any atom is 0.270 e. The largest absolute Gasteiger partial charge is 0.350 e. The molecule has 0 bridgehead atoms. The Balaban J connectivity index is 2.64. The van der Waals surface area contributed by atoms with Crippen LogP contribution in [0.25, 0.3) is 0 Å². The van der Waals surface area contributed by atoms with Crippen molar-refractivity contribution in [1.82, 2.24) is 10.3 Å². The van der Waals surface area contributed by atoms with Gasteiger partial charge in [0.15, 0.2) is 0 Å². The Morgan fingerprint density at radius 3 is 2.81 bits per heavy atom. The van der Waals surface area contributed by atoms with Crippen molar-refractivity contribution in [3.05, 3.63) is 29.6 Å². The average molecular weight is 241 g/mol. The summed E-state index contributed by atoms with van der Waals surface area (Å²) in [4.78, 5) is 15.9. The molecule has 0 aromatic carbocycles. The molecule has 0 aliphatic carbocycles. The molecule has 0 saturated heterocycles. The van der Waals surface area contributed by atoms with Crippen molar-refractivity contribution in [3.63, 3.8) is 0 Å². The molecule has 1 amide bonds. The topological polar surface area (TPSA) is 42.0 Å². The van der Waals surface area contributed by atoms with E-state index in [2.05, 4.69) is 10.3 Å². The van der Waals surface area contributed by atoms with Crippen molar-refractivity contribution >= 4 is 17.5 Å². The van der Waals surface area contributed by atoms with Gasteiger partial charge in [-0.15, -0.1) is 11.6 Å². The van der Waals surface area contributed by atoms with E-state index in [1.54, 1.807) is 6.20 Å². The number of pyridine rings is 1. The number of hydrogen-bond donors (Lipinski definition) is 1. The van der Waals surface area contributed by atoms with Gasteiger partial charge in [0.05, 0.1) is 0 Å². The smallest absolute Gasteiger partial charge is 0.270 e. The Morgan fingerprint density at radius 1 is 1.56 bits per heavy atom. The van der Waals surface area contributed by atoms with Crippen molar-refractivity contribution in [2.45, 2.75) is 20.8 Å². The third-order valence-electron chi connectivity index (χ3n) is 2.31. The van der Waals surface area contributed by atoms with Crippen LogP contribution in [0.5, 0.6) is 0 Å². The molecule has 1 aromatic heterocycles. The van der Waals surface area contributed by atoms with Gasteiger partial charge >= 0.3 is 0 Å². The Morgan fingerprint density at radius 2 is 2.25 bits per heavy atom. The Kier molecular flexibility index (Phi) is 4.30. The van der Waals surface area contributed by atoms with Gasteiger partial charge in [-0.3, -0.25) is 9.78 Å². The Labute approximate surface area is 101 Å². The van der Waals surface area contributed by atoms with Gasteiger partial charge in [0.1, 0.15) is 5.69 Å². The Bertz CT molecular complexity index is 377. The fourth-order valence-corrected chi connectivity index (χ4v) is 1.27. The summed E-state index contributed by atoms with van der Waals surface area (Å²) >= 11 is 5.79. The first-order chi connectivity index (χ1) is 7.46. The van der Waals surface area contributed by atoms with Crippen molar-refractivity contribution < 1.29 is 4.79 Å². The molecule has 3 nitrogen and oxygen atoms in total. The van der Waals surface area contributed by atoms with Gasteiger partial charge in [0, 0.05) is 18.6 Å². The van der Waals surface area contributed by atoms with E-state index in [4.69, 9.17) is 11.6 Å². The first-order valence-electron chi connectivity index (χ1n) is 5.22. The molecule has 0 unspecified atom stereocenters. The lowest BCUT2D eigenvalue weighted by molar-refractivity contribution is 0.0934. The minimum absolute atomic E-state index is 0.0973. The molecule has 1 heterocycles. The van der Waals surface area contributed by atoms with E-state index in [0.717, 1.165) is 5.56 Å². The number of alkyl halides is 1. The average Bonchev–Trinajstić information content (AvgIpc) is 2.27. The molecule has 1 rings (SSSR count). The lowest BCUT2D eigenvalue weighted by atomic mass is 9.96. The summed E-state index contributed by atoms with van der Waals surface area (Å²) < 4.78 is 0. The quantitative estimate of drug-likeness (QED) is 0.822. The number of carbonyl (C=O) groups is 1. The van der Waals surface area contributed by atoms with E-state index < -0.39 is 0 Å². The summed E-state index contributed by atoms with van der Waals surface area (Å²) in [6, 6.07) is 3.68. The number of aryl methyl sites for hydroxylation is 1. The molecule has 4 heteroatoms. The maximum atomic E-state index is 11.8. The highest BCUT2D eigenvalue weighted by Gasteiger charge is 2.18. The van der Waals surface area contributed by atoms with Gasteiger partial charge in [-0.2, -0.15) is 0 Å². The summed E-state index contributed by atoms with van der Waals surface area (Å²) in [6.07, 6.45) is 1.62. The zero-order valence-corrected chi connectivity index (χ0v) is 10.6. The molecule has 0 saturated carbocycles. The maximum absolute atomic E-state index is 11.8. The van der Waals surface area contributed by atoms with Crippen LogP contribution in [0.4, 0.5) is 0 Å². The van der Waals surface area contributed by atoms with Crippen LogP contribution in [0.1, 0.15) is 29.9 Å². The van der Waals surface area contributed by atoms with E-state index in [0.29, 0.717) is 18.1 Å². The van der Waals surface area contributed by atoms with Gasteiger partial charge in [-0.25, -0.2) is 0 Å². The molecule has 88 valence electrons. The molecule has 1 N–H and O–H groups in total. The number of nitrogens with one attached hydrogen (secondary N) is 1. The molecule has 1 aromatic rings. The lowest BCUT2D eigenvalue weighted by Gasteiger charge is -2.21. The van der Waals surface area contributed by atoms with Crippen molar-refractivity contribution in [1.29, 1.82) is 0 Å². The predicted molar refractivity (Wildman–Crippen MR) is 65.8 cm³/mol. The van der Waals surface area contributed by atoms with Crippen LogP contribution in [0.2, 0.25) is 0 Å². The van der Waals surface area contributed by atoms with Crippen LogP contribution >= 0.6 is 11.6 Å². The normalized spacial score (nSPS) is 11.2. The number of halogens is 1. The number of carbonyl (C=O) groups excluding carboxylic acids is 1. The van der Waals surface area contributed by atoms with Gasteiger partial charge in [-0.1, -0.05) is 19.9 Å². The minimum atomic E-state index is -0.142. The van der Waals surface area contributed by atoms with Crippen LogP contribution in [0, 0.1) is 12.3 Å². The molecule has 0 radical (unpaired) electrons. The van der Waals surface area contributed by atoms with E-state index in [-0.39, 0.29) is 11.3 Å². The van der Waals surface area contributed by atoms with E-state index in [1.165, 1.54) is 0 Å². The number of aromatic nitrogens is 1. The number of amides is 1. The highest BCUT2D eigenvalue weighted by atomic mass is 35.5. The standard InChI is InChI=1S/C12H17ClN2O/c1-9-5-4-6-14-10(9)11(16)15-8-12(2,3)7-13/h4-6H,7-8H2,1-3H3,(H,15,16). The van der Waals surface area contributed by atoms with Crippen molar-refractivity contribution in [2.75, 3.05) is 12.4 Å². The number of nitrogens with zero attached hydrogens (tertiary/aromatic N) is 1. The third kappa shape index (κ3) is 3.49. The zero-order valence-electron chi connectivity index (χ0n) is 9.88. The highest BCUT2D eigenvalue weighted by Crippen LogP contribution is 2.15. The molecule has 16 heavy (non-hydrogen) atoms. The molecule has 0 atom stereocenters. The Hall–Kier alpha value is -1.09. The van der Waals surface area contributed by atoms with Crippen molar-refractivity contribution in [2.24, 2.45) is 5.41 Å². The summed E-state index contributed by atoms with van der Waals surface area (Å²) in [5.74, 6) is 0.366. The fraction of sp³-hybridized carbons (Fsp3) is 0.500. The molecular weight excluding hydrogens is 224 g/mol. The van der Waals surface area contributed by atoms with E-state index in [9.17, 15) is 4.79 Å². The van der Waals surface area contributed by atoms with Gasteiger partial charge in [0.2, 0.25) is 0 Å². The van der Waals surface area contributed by atoms with Gasteiger partial charge in [-0.05, 0) is 24.0 Å². The third-order valence-corrected chi connectivity index (χ3v) is 3.04. The highest BCUT2D eigenvalue weighted by molar-refractivity contribution is 6.18. The molecule has 0 fully saturated rings. The first-order valence-corrected chi connectivity index (χ1v) is 5.75. The summed E-state index contributed by atoms with van der Waals surface area (Å²) in [5.41, 5.74) is 1.26. The first kappa shape index (κ1) is 13.0. The summed E-state index contributed by atoms with van der Waals surface area (Å²) in [5, 5.41) is 2.85. The molecular formula is C12H17ClN2O. The number of rotatable bonds is 4. The lowest BCUT2D eigenvalue weighted by Crippen LogP contribution is -2.35. The van der Waals surface area contributed by atoms with Crippen LogP contribution in [0.15, 0.2) is 18.3 Å². The van der Waals surface area contributed by atoms with Crippen LogP contribution in [-0.4, -0.2) is 23.3 Å². The minimum Gasteiger partial charge on any atom is -0.350 e. The van der Waals surface area contributed by atoms with Gasteiger partial charge < -0.3 is 5.32 Å². The second-order valence-electron chi connectivity index (χ2n) is 4.65. The predicted octanol–water partition coefficient (Wildman–Crippen LogP) is 2.38. The summed E-state index contributed by atoms with van der Waals surface area (Å²) in [6.45, 7) is 6.43. The number of hydrogen-bond acceptors (Lipinski definition) is 2. The fourth-order valence-electron chi connectivity index (χ4n) is 1.17. The van der Waals surface area contributed by atoms with E-state index >= 15 is 0 Å². The second kappa shape index (κ2) is 5.30. The monoisotopic (exact) mass is 240 g/mol.